The molecule has 0 saturated heterocycles. The molecule has 5 nitrogen and oxygen atoms in total. The summed E-state index contributed by atoms with van der Waals surface area (Å²) in [5, 5.41) is 5.56. The summed E-state index contributed by atoms with van der Waals surface area (Å²) in [7, 11) is 3.32. The number of halogens is 1. The van der Waals surface area contributed by atoms with Gasteiger partial charge in [0.1, 0.15) is 11.6 Å². The molecule has 106 valence electrons. The second kappa shape index (κ2) is 8.44. The Hall–Kier alpha value is -1.66. The summed E-state index contributed by atoms with van der Waals surface area (Å²) in [5.41, 5.74) is 0.673. The van der Waals surface area contributed by atoms with Crippen LogP contribution < -0.4 is 15.4 Å². The van der Waals surface area contributed by atoms with E-state index in [2.05, 4.69) is 10.6 Å². The van der Waals surface area contributed by atoms with Gasteiger partial charge in [-0.05, 0) is 25.2 Å². The standard InChI is InChI=1S/C13H19FN2O3/c1-15-8-10-7-11(14)3-4-12(10)19-9-13(17)16-5-6-18-2/h3-4,7,15H,5-6,8-9H2,1-2H3,(H,16,17). The van der Waals surface area contributed by atoms with E-state index in [-0.39, 0.29) is 18.3 Å². The van der Waals surface area contributed by atoms with Crippen LogP contribution in [0, 0.1) is 5.82 Å². The fourth-order valence-corrected chi connectivity index (χ4v) is 1.50. The van der Waals surface area contributed by atoms with E-state index in [1.807, 2.05) is 0 Å². The Kier molecular flexibility index (Phi) is 6.84. The first-order valence-corrected chi connectivity index (χ1v) is 5.99. The minimum Gasteiger partial charge on any atom is -0.483 e. The molecule has 0 spiro atoms. The van der Waals surface area contributed by atoms with Crippen LogP contribution in [0.15, 0.2) is 18.2 Å². The van der Waals surface area contributed by atoms with Crippen molar-refractivity contribution < 1.29 is 18.7 Å². The van der Waals surface area contributed by atoms with Crippen LogP contribution in [0.3, 0.4) is 0 Å². The van der Waals surface area contributed by atoms with Gasteiger partial charge in [-0.3, -0.25) is 4.79 Å². The van der Waals surface area contributed by atoms with Gasteiger partial charge in [0.2, 0.25) is 0 Å². The summed E-state index contributed by atoms with van der Waals surface area (Å²) in [6, 6.07) is 4.20. The molecule has 0 saturated carbocycles. The van der Waals surface area contributed by atoms with Crippen LogP contribution in [-0.4, -0.2) is 39.8 Å². The summed E-state index contributed by atoms with van der Waals surface area (Å²) in [4.78, 5) is 11.4. The number of amides is 1. The van der Waals surface area contributed by atoms with Crippen molar-refractivity contribution in [2.75, 3.05) is 33.9 Å². The van der Waals surface area contributed by atoms with Gasteiger partial charge >= 0.3 is 0 Å². The predicted octanol–water partition coefficient (Wildman–Crippen LogP) is 0.686. The third-order valence-electron chi connectivity index (χ3n) is 2.38. The molecule has 0 aliphatic heterocycles. The van der Waals surface area contributed by atoms with Crippen LogP contribution in [0.2, 0.25) is 0 Å². The maximum Gasteiger partial charge on any atom is 0.258 e. The highest BCUT2D eigenvalue weighted by Gasteiger charge is 2.07. The SMILES string of the molecule is CNCc1cc(F)ccc1OCC(=O)NCCOC. The van der Waals surface area contributed by atoms with E-state index in [4.69, 9.17) is 9.47 Å². The monoisotopic (exact) mass is 270 g/mol. The highest BCUT2D eigenvalue weighted by Crippen LogP contribution is 2.19. The lowest BCUT2D eigenvalue weighted by Crippen LogP contribution is -2.31. The third-order valence-corrected chi connectivity index (χ3v) is 2.38. The molecule has 1 aromatic carbocycles. The molecule has 0 fully saturated rings. The number of hydrogen-bond acceptors (Lipinski definition) is 4. The Morgan fingerprint density at radius 1 is 1.42 bits per heavy atom. The summed E-state index contributed by atoms with van der Waals surface area (Å²) in [6.07, 6.45) is 0. The normalized spacial score (nSPS) is 10.3. The zero-order valence-corrected chi connectivity index (χ0v) is 11.2. The van der Waals surface area contributed by atoms with Crippen LogP contribution in [0.5, 0.6) is 5.75 Å². The fourth-order valence-electron chi connectivity index (χ4n) is 1.50. The molecule has 0 aromatic heterocycles. The first kappa shape index (κ1) is 15.4. The lowest BCUT2D eigenvalue weighted by Gasteiger charge is -2.11. The zero-order chi connectivity index (χ0) is 14.1. The number of carbonyl (C=O) groups excluding carboxylic acids is 1. The molecule has 1 aromatic rings. The van der Waals surface area contributed by atoms with Crippen LogP contribution in [0.1, 0.15) is 5.56 Å². The summed E-state index contributed by atoms with van der Waals surface area (Å²) >= 11 is 0. The molecule has 19 heavy (non-hydrogen) atoms. The third kappa shape index (κ3) is 5.67. The molecule has 0 atom stereocenters. The molecular formula is C13H19FN2O3. The van der Waals surface area contributed by atoms with Crippen LogP contribution >= 0.6 is 0 Å². The quantitative estimate of drug-likeness (QED) is 0.682. The smallest absolute Gasteiger partial charge is 0.258 e. The van der Waals surface area contributed by atoms with E-state index in [0.29, 0.717) is 31.0 Å². The minimum absolute atomic E-state index is 0.105. The van der Waals surface area contributed by atoms with Gasteiger partial charge in [0.15, 0.2) is 6.61 Å². The van der Waals surface area contributed by atoms with Gasteiger partial charge in [-0.15, -0.1) is 0 Å². The van der Waals surface area contributed by atoms with Crippen molar-refractivity contribution >= 4 is 5.91 Å². The van der Waals surface area contributed by atoms with Crippen LogP contribution in [-0.2, 0) is 16.1 Å². The average Bonchev–Trinajstić information content (AvgIpc) is 2.38. The maximum absolute atomic E-state index is 13.1. The van der Waals surface area contributed by atoms with E-state index in [0.717, 1.165) is 0 Å². The van der Waals surface area contributed by atoms with Gasteiger partial charge in [0, 0.05) is 25.8 Å². The number of rotatable bonds is 8. The Morgan fingerprint density at radius 3 is 2.89 bits per heavy atom. The average molecular weight is 270 g/mol. The van der Waals surface area contributed by atoms with Gasteiger partial charge in [-0.25, -0.2) is 4.39 Å². The van der Waals surface area contributed by atoms with Crippen molar-refractivity contribution in [2.45, 2.75) is 6.54 Å². The number of ether oxygens (including phenoxy) is 2. The molecule has 0 bridgehead atoms. The Bertz CT molecular complexity index is 413. The van der Waals surface area contributed by atoms with Gasteiger partial charge in [0.05, 0.1) is 6.61 Å². The number of methoxy groups -OCH3 is 1. The zero-order valence-electron chi connectivity index (χ0n) is 11.2. The highest BCUT2D eigenvalue weighted by atomic mass is 19.1. The summed E-state index contributed by atoms with van der Waals surface area (Å²) in [6.45, 7) is 1.25. The van der Waals surface area contributed by atoms with Gasteiger partial charge < -0.3 is 20.1 Å². The first-order chi connectivity index (χ1) is 9.17. The lowest BCUT2D eigenvalue weighted by molar-refractivity contribution is -0.123. The van der Waals surface area contributed by atoms with Gasteiger partial charge in [-0.2, -0.15) is 0 Å². The van der Waals surface area contributed by atoms with E-state index in [1.165, 1.54) is 18.2 Å². The second-order valence-corrected chi connectivity index (χ2v) is 3.91. The van der Waals surface area contributed by atoms with Crippen molar-refractivity contribution in [3.05, 3.63) is 29.6 Å². The second-order valence-electron chi connectivity index (χ2n) is 3.91. The first-order valence-electron chi connectivity index (χ1n) is 5.99. The Labute approximate surface area is 112 Å². The van der Waals surface area contributed by atoms with E-state index >= 15 is 0 Å². The van der Waals surface area contributed by atoms with Crippen molar-refractivity contribution in [1.82, 2.24) is 10.6 Å². The fraction of sp³-hybridized carbons (Fsp3) is 0.462. The molecule has 0 aliphatic carbocycles. The Balaban J connectivity index is 2.50. The molecule has 0 unspecified atom stereocenters. The summed E-state index contributed by atoms with van der Waals surface area (Å²) in [5.74, 6) is -0.0726. The van der Waals surface area contributed by atoms with Gasteiger partial charge in [0.25, 0.3) is 5.91 Å². The molecule has 6 heteroatoms. The Morgan fingerprint density at radius 2 is 2.21 bits per heavy atom. The van der Waals surface area contributed by atoms with Crippen molar-refractivity contribution in [3.63, 3.8) is 0 Å². The predicted molar refractivity (Wildman–Crippen MR) is 69.5 cm³/mol. The largest absolute Gasteiger partial charge is 0.483 e. The molecule has 1 rings (SSSR count). The van der Waals surface area contributed by atoms with Crippen molar-refractivity contribution in [1.29, 1.82) is 0 Å². The van der Waals surface area contributed by atoms with Crippen LogP contribution in [0.4, 0.5) is 4.39 Å². The number of benzene rings is 1. The topological polar surface area (TPSA) is 59.6 Å². The molecule has 1 amide bonds. The molecule has 0 aliphatic rings. The van der Waals surface area contributed by atoms with Crippen molar-refractivity contribution in [3.8, 4) is 5.75 Å². The molecule has 2 N–H and O–H groups in total. The number of hydrogen-bond donors (Lipinski definition) is 2. The maximum atomic E-state index is 13.1. The molecular weight excluding hydrogens is 251 g/mol. The summed E-state index contributed by atoms with van der Waals surface area (Å²) < 4.78 is 23.3. The highest BCUT2D eigenvalue weighted by molar-refractivity contribution is 5.77. The van der Waals surface area contributed by atoms with E-state index < -0.39 is 0 Å². The molecule has 0 radical (unpaired) electrons. The van der Waals surface area contributed by atoms with Crippen LogP contribution in [0.25, 0.3) is 0 Å². The van der Waals surface area contributed by atoms with Crippen molar-refractivity contribution in [2.24, 2.45) is 0 Å². The number of carbonyl (C=O) groups is 1. The van der Waals surface area contributed by atoms with E-state index in [1.54, 1.807) is 14.2 Å². The minimum atomic E-state index is -0.331. The lowest BCUT2D eigenvalue weighted by atomic mass is 10.2. The van der Waals surface area contributed by atoms with Gasteiger partial charge in [-0.1, -0.05) is 0 Å². The van der Waals surface area contributed by atoms with E-state index in [9.17, 15) is 9.18 Å². The molecule has 0 heterocycles. The number of nitrogens with one attached hydrogen (secondary N) is 2.